The van der Waals surface area contributed by atoms with Crippen LogP contribution in [0.4, 0.5) is 0 Å². The molecule has 0 amide bonds. The van der Waals surface area contributed by atoms with Crippen LogP contribution in [0.2, 0.25) is 5.02 Å². The van der Waals surface area contributed by atoms with Crippen LogP contribution in [-0.4, -0.2) is 17.6 Å². The number of hydrogen-bond acceptors (Lipinski definition) is 2. The molecule has 1 aliphatic heterocycles. The molecule has 1 saturated heterocycles. The molecule has 0 aromatic heterocycles. The predicted octanol–water partition coefficient (Wildman–Crippen LogP) is 4.81. The number of thioether (sulfide) groups is 1. The summed E-state index contributed by atoms with van der Waals surface area (Å²) in [7, 11) is 0. The van der Waals surface area contributed by atoms with E-state index in [-0.39, 0.29) is 0 Å². The van der Waals surface area contributed by atoms with E-state index in [9.17, 15) is 0 Å². The van der Waals surface area contributed by atoms with Gasteiger partial charge < -0.3 is 4.74 Å². The van der Waals surface area contributed by atoms with Crippen molar-refractivity contribution in [2.75, 3.05) is 12.4 Å². The van der Waals surface area contributed by atoms with E-state index in [2.05, 4.69) is 30.8 Å². The Bertz CT molecular complexity index is 405. The zero-order chi connectivity index (χ0) is 12.8. The summed E-state index contributed by atoms with van der Waals surface area (Å²) in [5, 5.41) is 1.44. The number of hydrogen-bond donors (Lipinski definition) is 0. The Morgan fingerprint density at radius 2 is 2.39 bits per heavy atom. The molecule has 0 N–H and O–H groups in total. The van der Waals surface area contributed by atoms with Crippen LogP contribution >= 0.6 is 23.4 Å². The lowest BCUT2D eigenvalue weighted by Crippen LogP contribution is -1.97. The Balaban J connectivity index is 1.65. The highest BCUT2D eigenvalue weighted by molar-refractivity contribution is 8.00. The average Bonchev–Trinajstić information content (AvgIpc) is 2.75. The summed E-state index contributed by atoms with van der Waals surface area (Å²) in [6.45, 7) is 3.03. The maximum atomic E-state index is 5.89. The largest absolute Gasteiger partial charge is 0.493 e. The fourth-order valence-corrected chi connectivity index (χ4v) is 3.58. The highest BCUT2D eigenvalue weighted by Gasteiger charge is 2.18. The predicted molar refractivity (Wildman–Crippen MR) is 80.7 cm³/mol. The Hall–Kier alpha value is -0.600. The molecule has 0 saturated carbocycles. The van der Waals surface area contributed by atoms with Gasteiger partial charge in [-0.1, -0.05) is 36.7 Å². The smallest absolute Gasteiger partial charge is 0.120 e. The Labute approximate surface area is 119 Å². The number of benzene rings is 1. The van der Waals surface area contributed by atoms with Gasteiger partial charge in [-0.15, -0.1) is 0 Å². The standard InChI is InChI=1S/C15H19ClOS/c1-12-9-15(18-11-12)7-2-3-8-17-14-6-4-5-13(16)10-14/h2,4-7,10,12,15H,3,8-9,11H2,1H3/b7-2+. The normalized spacial score (nSPS) is 23.7. The summed E-state index contributed by atoms with van der Waals surface area (Å²) >= 11 is 7.95. The fourth-order valence-electron chi connectivity index (χ4n) is 2.00. The molecule has 0 spiro atoms. The molecule has 2 rings (SSSR count). The summed E-state index contributed by atoms with van der Waals surface area (Å²) in [4.78, 5) is 0. The van der Waals surface area contributed by atoms with Gasteiger partial charge in [-0.3, -0.25) is 0 Å². The first kappa shape index (κ1) is 13.8. The maximum Gasteiger partial charge on any atom is 0.120 e. The molecule has 1 nitrogen and oxygen atoms in total. The Morgan fingerprint density at radius 1 is 1.50 bits per heavy atom. The minimum atomic E-state index is 0.712. The first-order valence-corrected chi connectivity index (χ1v) is 7.83. The lowest BCUT2D eigenvalue weighted by Gasteiger charge is -2.05. The second-order valence-corrected chi connectivity index (χ2v) is 6.44. The second kappa shape index (κ2) is 7.10. The quantitative estimate of drug-likeness (QED) is 0.566. The van der Waals surface area contributed by atoms with Crippen LogP contribution < -0.4 is 4.74 Å². The van der Waals surface area contributed by atoms with Crippen molar-refractivity contribution in [3.05, 3.63) is 41.4 Å². The molecule has 18 heavy (non-hydrogen) atoms. The average molecular weight is 283 g/mol. The van der Waals surface area contributed by atoms with Gasteiger partial charge >= 0.3 is 0 Å². The molecule has 0 aliphatic carbocycles. The van der Waals surface area contributed by atoms with Gasteiger partial charge in [0.1, 0.15) is 5.75 Å². The van der Waals surface area contributed by atoms with Gasteiger partial charge in [0.05, 0.1) is 6.61 Å². The van der Waals surface area contributed by atoms with E-state index >= 15 is 0 Å². The second-order valence-electron chi connectivity index (χ2n) is 4.74. The molecule has 1 aromatic rings. The third-order valence-corrected chi connectivity index (χ3v) is 4.70. The van der Waals surface area contributed by atoms with Crippen molar-refractivity contribution < 1.29 is 4.74 Å². The fraction of sp³-hybridized carbons (Fsp3) is 0.467. The Morgan fingerprint density at radius 3 is 3.11 bits per heavy atom. The van der Waals surface area contributed by atoms with E-state index in [4.69, 9.17) is 16.3 Å². The zero-order valence-corrected chi connectivity index (χ0v) is 12.2. The lowest BCUT2D eigenvalue weighted by molar-refractivity contribution is 0.325. The van der Waals surface area contributed by atoms with Gasteiger partial charge in [0.2, 0.25) is 0 Å². The lowest BCUT2D eigenvalue weighted by atomic mass is 10.1. The minimum absolute atomic E-state index is 0.712. The van der Waals surface area contributed by atoms with Crippen LogP contribution in [0, 0.1) is 5.92 Å². The molecule has 1 aromatic carbocycles. The summed E-state index contributed by atoms with van der Waals surface area (Å²) < 4.78 is 5.63. The zero-order valence-electron chi connectivity index (χ0n) is 10.6. The van der Waals surface area contributed by atoms with E-state index in [1.54, 1.807) is 0 Å². The van der Waals surface area contributed by atoms with Gasteiger partial charge in [-0.25, -0.2) is 0 Å². The van der Waals surface area contributed by atoms with E-state index < -0.39 is 0 Å². The highest BCUT2D eigenvalue weighted by atomic mass is 35.5. The molecule has 2 unspecified atom stereocenters. The van der Waals surface area contributed by atoms with Gasteiger partial charge in [0.25, 0.3) is 0 Å². The molecule has 2 atom stereocenters. The van der Waals surface area contributed by atoms with Crippen molar-refractivity contribution in [1.29, 1.82) is 0 Å². The molecule has 0 bridgehead atoms. The molecule has 0 radical (unpaired) electrons. The van der Waals surface area contributed by atoms with Crippen LogP contribution in [0.3, 0.4) is 0 Å². The highest BCUT2D eigenvalue weighted by Crippen LogP contribution is 2.31. The van der Waals surface area contributed by atoms with Crippen LogP contribution in [0.5, 0.6) is 5.75 Å². The van der Waals surface area contributed by atoms with Gasteiger partial charge in [0, 0.05) is 10.3 Å². The van der Waals surface area contributed by atoms with E-state index in [0.29, 0.717) is 11.9 Å². The number of rotatable bonds is 5. The first-order chi connectivity index (χ1) is 8.74. The van der Waals surface area contributed by atoms with Crippen molar-refractivity contribution in [1.82, 2.24) is 0 Å². The van der Waals surface area contributed by atoms with E-state index in [1.165, 1.54) is 12.2 Å². The molecular weight excluding hydrogens is 264 g/mol. The van der Waals surface area contributed by atoms with Crippen molar-refractivity contribution >= 4 is 23.4 Å². The van der Waals surface area contributed by atoms with E-state index in [1.807, 2.05) is 24.3 Å². The number of ether oxygens (including phenoxy) is 1. The van der Waals surface area contributed by atoms with Crippen molar-refractivity contribution in [2.45, 2.75) is 25.0 Å². The first-order valence-electron chi connectivity index (χ1n) is 6.40. The molecule has 3 heteroatoms. The van der Waals surface area contributed by atoms with Crippen LogP contribution in [0.15, 0.2) is 36.4 Å². The van der Waals surface area contributed by atoms with Gasteiger partial charge in [-0.2, -0.15) is 11.8 Å². The minimum Gasteiger partial charge on any atom is -0.493 e. The molecule has 1 aliphatic rings. The van der Waals surface area contributed by atoms with Gasteiger partial charge in [-0.05, 0) is 42.7 Å². The summed E-state index contributed by atoms with van der Waals surface area (Å²) in [5.74, 6) is 3.01. The third-order valence-electron chi connectivity index (χ3n) is 2.93. The summed E-state index contributed by atoms with van der Waals surface area (Å²) in [5.41, 5.74) is 0. The van der Waals surface area contributed by atoms with Crippen molar-refractivity contribution in [3.8, 4) is 5.75 Å². The van der Waals surface area contributed by atoms with Gasteiger partial charge in [0.15, 0.2) is 0 Å². The molecule has 98 valence electrons. The van der Waals surface area contributed by atoms with E-state index in [0.717, 1.165) is 23.1 Å². The summed E-state index contributed by atoms with van der Waals surface area (Å²) in [6.07, 6.45) is 6.84. The third kappa shape index (κ3) is 4.58. The van der Waals surface area contributed by atoms with Crippen molar-refractivity contribution in [3.63, 3.8) is 0 Å². The van der Waals surface area contributed by atoms with Crippen molar-refractivity contribution in [2.24, 2.45) is 5.92 Å². The topological polar surface area (TPSA) is 9.23 Å². The van der Waals surface area contributed by atoms with Crippen LogP contribution in [0.25, 0.3) is 0 Å². The molecular formula is C15H19ClOS. The molecule has 1 heterocycles. The maximum absolute atomic E-state index is 5.89. The monoisotopic (exact) mass is 282 g/mol. The SMILES string of the molecule is CC1CSC(/C=C/CCOc2cccc(Cl)c2)C1. The van der Waals surface area contributed by atoms with Crippen LogP contribution in [0.1, 0.15) is 19.8 Å². The Kier molecular flexibility index (Phi) is 5.45. The van der Waals surface area contributed by atoms with Crippen LogP contribution in [-0.2, 0) is 0 Å². The summed E-state index contributed by atoms with van der Waals surface area (Å²) in [6, 6.07) is 7.54. The molecule has 1 fully saturated rings. The number of halogens is 1.